The molecule has 14 heavy (non-hydrogen) atoms. The standard InChI is InChI=1S/C11H22N2O/c1-13(2)11(14)9-12-8-7-10-5-3-4-6-10/h10,12H,3-9H2,1-2H3. The zero-order chi connectivity index (χ0) is 10.4. The molecule has 0 saturated heterocycles. The first-order valence-corrected chi connectivity index (χ1v) is 5.61. The molecule has 0 unspecified atom stereocenters. The van der Waals surface area contributed by atoms with Gasteiger partial charge in [-0.3, -0.25) is 4.79 Å². The molecule has 0 bridgehead atoms. The number of nitrogens with one attached hydrogen (secondary N) is 1. The van der Waals surface area contributed by atoms with Crippen LogP contribution in [0.3, 0.4) is 0 Å². The lowest BCUT2D eigenvalue weighted by atomic mass is 10.0. The Labute approximate surface area is 86.9 Å². The van der Waals surface area contributed by atoms with Gasteiger partial charge in [-0.05, 0) is 18.9 Å². The summed E-state index contributed by atoms with van der Waals surface area (Å²) in [5.41, 5.74) is 0. The zero-order valence-electron chi connectivity index (χ0n) is 9.38. The van der Waals surface area contributed by atoms with Crippen molar-refractivity contribution in [2.75, 3.05) is 27.2 Å². The predicted molar refractivity (Wildman–Crippen MR) is 58.1 cm³/mol. The lowest BCUT2D eigenvalue weighted by Crippen LogP contribution is -2.33. The third-order valence-corrected chi connectivity index (χ3v) is 2.98. The van der Waals surface area contributed by atoms with E-state index in [1.54, 1.807) is 19.0 Å². The van der Waals surface area contributed by atoms with E-state index in [0.717, 1.165) is 12.5 Å². The Morgan fingerprint density at radius 2 is 2.00 bits per heavy atom. The Hall–Kier alpha value is -0.570. The normalized spacial score (nSPS) is 17.3. The van der Waals surface area contributed by atoms with Crippen molar-refractivity contribution in [3.05, 3.63) is 0 Å². The fraction of sp³-hybridized carbons (Fsp3) is 0.909. The Bertz CT molecular complexity index is 174. The quantitative estimate of drug-likeness (QED) is 0.674. The second kappa shape index (κ2) is 6.02. The van der Waals surface area contributed by atoms with E-state index in [1.807, 2.05) is 0 Å². The van der Waals surface area contributed by atoms with Crippen LogP contribution in [0.4, 0.5) is 0 Å². The highest BCUT2D eigenvalue weighted by molar-refractivity contribution is 5.77. The highest BCUT2D eigenvalue weighted by atomic mass is 16.2. The summed E-state index contributed by atoms with van der Waals surface area (Å²) in [6, 6.07) is 0. The molecule has 0 aromatic rings. The minimum atomic E-state index is 0.163. The molecule has 0 heterocycles. The van der Waals surface area contributed by atoms with Crippen molar-refractivity contribution in [2.45, 2.75) is 32.1 Å². The third kappa shape index (κ3) is 4.09. The van der Waals surface area contributed by atoms with E-state index in [0.29, 0.717) is 6.54 Å². The van der Waals surface area contributed by atoms with Crippen molar-refractivity contribution in [2.24, 2.45) is 5.92 Å². The van der Waals surface area contributed by atoms with Gasteiger partial charge in [0, 0.05) is 14.1 Å². The van der Waals surface area contributed by atoms with E-state index in [2.05, 4.69) is 5.32 Å². The molecule has 1 N–H and O–H groups in total. The van der Waals surface area contributed by atoms with Gasteiger partial charge in [0.15, 0.2) is 0 Å². The van der Waals surface area contributed by atoms with Crippen molar-refractivity contribution in [3.63, 3.8) is 0 Å². The summed E-state index contributed by atoms with van der Waals surface area (Å²) in [7, 11) is 3.59. The summed E-state index contributed by atoms with van der Waals surface area (Å²) in [5, 5.41) is 3.20. The van der Waals surface area contributed by atoms with Gasteiger partial charge in [-0.2, -0.15) is 0 Å². The van der Waals surface area contributed by atoms with Gasteiger partial charge in [-0.1, -0.05) is 25.7 Å². The molecule has 0 spiro atoms. The molecule has 0 radical (unpaired) electrons. The van der Waals surface area contributed by atoms with E-state index in [9.17, 15) is 4.79 Å². The number of carbonyl (C=O) groups is 1. The van der Waals surface area contributed by atoms with Crippen LogP contribution < -0.4 is 5.32 Å². The molecule has 1 fully saturated rings. The lowest BCUT2D eigenvalue weighted by molar-refractivity contribution is -0.127. The van der Waals surface area contributed by atoms with Crippen LogP contribution in [0.1, 0.15) is 32.1 Å². The summed E-state index contributed by atoms with van der Waals surface area (Å²) < 4.78 is 0. The van der Waals surface area contributed by atoms with Crippen molar-refractivity contribution in [3.8, 4) is 0 Å². The lowest BCUT2D eigenvalue weighted by Gasteiger charge is -2.12. The molecule has 1 aliphatic rings. The number of carbonyl (C=O) groups excluding carboxylic acids is 1. The van der Waals surface area contributed by atoms with E-state index >= 15 is 0 Å². The second-order valence-electron chi connectivity index (χ2n) is 4.40. The fourth-order valence-electron chi connectivity index (χ4n) is 1.96. The summed E-state index contributed by atoms with van der Waals surface area (Å²) in [6.45, 7) is 1.48. The molecular weight excluding hydrogens is 176 g/mol. The summed E-state index contributed by atoms with van der Waals surface area (Å²) in [6.07, 6.45) is 6.83. The Morgan fingerprint density at radius 1 is 1.36 bits per heavy atom. The topological polar surface area (TPSA) is 32.3 Å². The summed E-state index contributed by atoms with van der Waals surface area (Å²) >= 11 is 0. The maximum Gasteiger partial charge on any atom is 0.236 e. The van der Waals surface area contributed by atoms with Crippen molar-refractivity contribution in [1.29, 1.82) is 0 Å². The molecule has 0 atom stereocenters. The average Bonchev–Trinajstić information content (AvgIpc) is 2.64. The minimum absolute atomic E-state index is 0.163. The van der Waals surface area contributed by atoms with Crippen LogP contribution in [0.2, 0.25) is 0 Å². The van der Waals surface area contributed by atoms with Crippen molar-refractivity contribution in [1.82, 2.24) is 10.2 Å². The Balaban J connectivity index is 1.96. The number of hydrogen-bond acceptors (Lipinski definition) is 2. The summed E-state index contributed by atoms with van der Waals surface area (Å²) in [5.74, 6) is 1.08. The molecule has 82 valence electrons. The first kappa shape index (κ1) is 11.5. The molecule has 1 aliphatic carbocycles. The highest BCUT2D eigenvalue weighted by Crippen LogP contribution is 2.26. The zero-order valence-corrected chi connectivity index (χ0v) is 9.38. The van der Waals surface area contributed by atoms with E-state index in [4.69, 9.17) is 0 Å². The largest absolute Gasteiger partial charge is 0.348 e. The molecule has 1 amide bonds. The monoisotopic (exact) mass is 198 g/mol. The number of likely N-dealkylation sites (N-methyl/N-ethyl adjacent to an activating group) is 1. The van der Waals surface area contributed by atoms with Gasteiger partial charge in [0.2, 0.25) is 5.91 Å². The molecular formula is C11H22N2O. The fourth-order valence-corrected chi connectivity index (χ4v) is 1.96. The van der Waals surface area contributed by atoms with Gasteiger partial charge in [0.05, 0.1) is 6.54 Å². The van der Waals surface area contributed by atoms with Crippen LogP contribution in [-0.4, -0.2) is 38.0 Å². The average molecular weight is 198 g/mol. The predicted octanol–water partition coefficient (Wildman–Crippen LogP) is 1.24. The smallest absolute Gasteiger partial charge is 0.236 e. The van der Waals surface area contributed by atoms with E-state index in [1.165, 1.54) is 32.1 Å². The van der Waals surface area contributed by atoms with Crippen molar-refractivity contribution >= 4 is 5.91 Å². The molecule has 1 rings (SSSR count). The molecule has 0 aromatic heterocycles. The third-order valence-electron chi connectivity index (χ3n) is 2.98. The molecule has 0 aromatic carbocycles. The van der Waals surface area contributed by atoms with E-state index < -0.39 is 0 Å². The van der Waals surface area contributed by atoms with E-state index in [-0.39, 0.29) is 5.91 Å². The van der Waals surface area contributed by atoms with Crippen LogP contribution >= 0.6 is 0 Å². The summed E-state index contributed by atoms with van der Waals surface area (Å²) in [4.78, 5) is 12.8. The second-order valence-corrected chi connectivity index (χ2v) is 4.40. The molecule has 3 nitrogen and oxygen atoms in total. The van der Waals surface area contributed by atoms with Gasteiger partial charge >= 0.3 is 0 Å². The van der Waals surface area contributed by atoms with Gasteiger partial charge < -0.3 is 10.2 Å². The number of hydrogen-bond donors (Lipinski definition) is 1. The maximum atomic E-state index is 11.2. The van der Waals surface area contributed by atoms with Crippen LogP contribution in [0.5, 0.6) is 0 Å². The van der Waals surface area contributed by atoms with Gasteiger partial charge in [0.25, 0.3) is 0 Å². The number of rotatable bonds is 5. The van der Waals surface area contributed by atoms with Crippen LogP contribution in [0.15, 0.2) is 0 Å². The van der Waals surface area contributed by atoms with Crippen molar-refractivity contribution < 1.29 is 4.79 Å². The van der Waals surface area contributed by atoms with Gasteiger partial charge in [-0.25, -0.2) is 0 Å². The van der Waals surface area contributed by atoms with Gasteiger partial charge in [-0.15, -0.1) is 0 Å². The van der Waals surface area contributed by atoms with Crippen LogP contribution in [0, 0.1) is 5.92 Å². The maximum absolute atomic E-state index is 11.2. The van der Waals surface area contributed by atoms with Crippen LogP contribution in [-0.2, 0) is 4.79 Å². The minimum Gasteiger partial charge on any atom is -0.348 e. The molecule has 1 saturated carbocycles. The Morgan fingerprint density at radius 3 is 2.57 bits per heavy atom. The number of amides is 1. The first-order chi connectivity index (χ1) is 6.70. The first-order valence-electron chi connectivity index (χ1n) is 5.61. The highest BCUT2D eigenvalue weighted by Gasteiger charge is 2.14. The number of nitrogens with zero attached hydrogens (tertiary/aromatic N) is 1. The molecule has 0 aliphatic heterocycles. The SMILES string of the molecule is CN(C)C(=O)CNCCC1CCCC1. The Kier molecular flexibility index (Phi) is 4.94. The van der Waals surface area contributed by atoms with Crippen LogP contribution in [0.25, 0.3) is 0 Å². The van der Waals surface area contributed by atoms with Gasteiger partial charge in [0.1, 0.15) is 0 Å². The molecule has 3 heteroatoms.